The predicted octanol–water partition coefficient (Wildman–Crippen LogP) is 5.86. The number of nitrogens with zero attached hydrogens (tertiary/aromatic N) is 2. The zero-order chi connectivity index (χ0) is 24.6. The molecule has 0 saturated heterocycles. The number of ether oxygens (including phenoxy) is 1. The van der Waals surface area contributed by atoms with Crippen LogP contribution in [-0.4, -0.2) is 35.4 Å². The Labute approximate surface area is 219 Å². The largest absolute Gasteiger partial charge is 0.484 e. The minimum absolute atomic E-state index is 0.171. The Kier molecular flexibility index (Phi) is 8.59. The van der Waals surface area contributed by atoms with Gasteiger partial charge in [0.15, 0.2) is 10.9 Å². The number of halogens is 2. The number of hydrogen-bond donors (Lipinski definition) is 2. The molecule has 0 atom stereocenters. The number of hydrogen-bond acceptors (Lipinski definition) is 7. The van der Waals surface area contributed by atoms with Crippen LogP contribution in [0.15, 0.2) is 76.2 Å². The monoisotopic (exact) mass is 544 g/mol. The van der Waals surface area contributed by atoms with E-state index in [0.29, 0.717) is 21.5 Å². The second-order valence-corrected chi connectivity index (χ2v) is 10.1. The Morgan fingerprint density at radius 2 is 1.83 bits per heavy atom. The Balaban J connectivity index is 1.18. The standard InChI is InChI=1S/C24H18Cl2N4O3S2/c25-18-10-7-16(11-19(18)26)28-22(31)13-33-17-8-5-15(6-9-17)12-27-30-23(32)14-34-24-29-20-3-1-2-4-21(20)35-24/h1-12H,13-14H2,(H,28,31)(H,30,32)/b27-12-. The molecule has 2 amide bonds. The number of aromatic nitrogens is 1. The highest BCUT2D eigenvalue weighted by Gasteiger charge is 2.08. The lowest BCUT2D eigenvalue weighted by atomic mass is 10.2. The first-order valence-corrected chi connectivity index (χ1v) is 12.8. The maximum absolute atomic E-state index is 12.1. The second-order valence-electron chi connectivity index (χ2n) is 7.06. The summed E-state index contributed by atoms with van der Waals surface area (Å²) in [6, 6.07) is 19.6. The lowest BCUT2D eigenvalue weighted by Gasteiger charge is -2.08. The van der Waals surface area contributed by atoms with Crippen molar-refractivity contribution in [3.8, 4) is 5.75 Å². The maximum atomic E-state index is 12.1. The first-order valence-electron chi connectivity index (χ1n) is 10.2. The van der Waals surface area contributed by atoms with Crippen LogP contribution in [0.25, 0.3) is 10.2 Å². The number of anilines is 1. The number of thioether (sulfide) groups is 1. The fraction of sp³-hybridized carbons (Fsp3) is 0.0833. The van der Waals surface area contributed by atoms with E-state index in [4.69, 9.17) is 27.9 Å². The summed E-state index contributed by atoms with van der Waals surface area (Å²) < 4.78 is 7.42. The molecular weight excluding hydrogens is 527 g/mol. The molecule has 0 bridgehead atoms. The van der Waals surface area contributed by atoms with Crippen molar-refractivity contribution in [2.75, 3.05) is 17.7 Å². The molecule has 178 valence electrons. The molecule has 0 aliphatic carbocycles. The van der Waals surface area contributed by atoms with E-state index >= 15 is 0 Å². The first-order chi connectivity index (χ1) is 17.0. The van der Waals surface area contributed by atoms with Crippen LogP contribution >= 0.6 is 46.3 Å². The molecule has 0 aliphatic heterocycles. The van der Waals surface area contributed by atoms with E-state index in [1.165, 1.54) is 18.0 Å². The van der Waals surface area contributed by atoms with Gasteiger partial charge in [-0.05, 0) is 60.2 Å². The Morgan fingerprint density at radius 1 is 1.03 bits per heavy atom. The van der Waals surface area contributed by atoms with E-state index in [0.717, 1.165) is 20.1 Å². The molecule has 4 rings (SSSR count). The number of carbonyl (C=O) groups excluding carboxylic acids is 2. The Bertz CT molecular complexity index is 1340. The third-order valence-electron chi connectivity index (χ3n) is 4.46. The normalized spacial score (nSPS) is 11.0. The number of carbonyl (C=O) groups is 2. The van der Waals surface area contributed by atoms with Crippen molar-refractivity contribution in [2.45, 2.75) is 4.34 Å². The van der Waals surface area contributed by atoms with Crippen molar-refractivity contribution in [3.63, 3.8) is 0 Å². The lowest BCUT2D eigenvalue weighted by molar-refractivity contribution is -0.119. The molecule has 3 aromatic carbocycles. The molecule has 1 heterocycles. The minimum Gasteiger partial charge on any atom is -0.484 e. The van der Waals surface area contributed by atoms with Gasteiger partial charge in [0.05, 0.1) is 32.2 Å². The van der Waals surface area contributed by atoms with Crippen molar-refractivity contribution < 1.29 is 14.3 Å². The van der Waals surface area contributed by atoms with Crippen LogP contribution in [0.4, 0.5) is 5.69 Å². The number of benzene rings is 3. The van der Waals surface area contributed by atoms with Gasteiger partial charge in [0.1, 0.15) is 5.75 Å². The molecule has 0 fully saturated rings. The average molecular weight is 545 g/mol. The van der Waals surface area contributed by atoms with Crippen molar-refractivity contribution in [1.29, 1.82) is 0 Å². The van der Waals surface area contributed by atoms with E-state index in [2.05, 4.69) is 20.8 Å². The molecule has 0 unspecified atom stereocenters. The number of amides is 2. The van der Waals surface area contributed by atoms with Crippen molar-refractivity contribution in [1.82, 2.24) is 10.4 Å². The predicted molar refractivity (Wildman–Crippen MR) is 143 cm³/mol. The third kappa shape index (κ3) is 7.43. The zero-order valence-corrected chi connectivity index (χ0v) is 21.2. The van der Waals surface area contributed by atoms with Crippen molar-refractivity contribution >= 4 is 80.2 Å². The van der Waals surface area contributed by atoms with Crippen LogP contribution in [0.2, 0.25) is 10.0 Å². The van der Waals surface area contributed by atoms with Gasteiger partial charge in [0, 0.05) is 5.69 Å². The van der Waals surface area contributed by atoms with Gasteiger partial charge < -0.3 is 10.1 Å². The molecule has 11 heteroatoms. The molecule has 1 aromatic heterocycles. The van der Waals surface area contributed by atoms with Gasteiger partial charge in [-0.2, -0.15) is 5.10 Å². The highest BCUT2D eigenvalue weighted by Crippen LogP contribution is 2.29. The van der Waals surface area contributed by atoms with E-state index in [1.807, 2.05) is 24.3 Å². The van der Waals surface area contributed by atoms with E-state index in [1.54, 1.807) is 53.8 Å². The summed E-state index contributed by atoms with van der Waals surface area (Å²) in [5, 5.41) is 7.43. The first kappa shape index (κ1) is 25.0. The fourth-order valence-electron chi connectivity index (χ4n) is 2.82. The van der Waals surface area contributed by atoms with E-state index in [9.17, 15) is 9.59 Å². The third-order valence-corrected chi connectivity index (χ3v) is 7.38. The topological polar surface area (TPSA) is 92.7 Å². The highest BCUT2D eigenvalue weighted by molar-refractivity contribution is 8.01. The molecule has 2 N–H and O–H groups in total. The summed E-state index contributed by atoms with van der Waals surface area (Å²) in [4.78, 5) is 28.6. The summed E-state index contributed by atoms with van der Waals surface area (Å²) in [6.07, 6.45) is 1.53. The van der Waals surface area contributed by atoms with E-state index < -0.39 is 0 Å². The van der Waals surface area contributed by atoms with Crippen LogP contribution in [0.3, 0.4) is 0 Å². The molecule has 7 nitrogen and oxygen atoms in total. The highest BCUT2D eigenvalue weighted by atomic mass is 35.5. The number of rotatable bonds is 9. The van der Waals surface area contributed by atoms with Gasteiger partial charge in [-0.15, -0.1) is 11.3 Å². The molecule has 0 aliphatic rings. The summed E-state index contributed by atoms with van der Waals surface area (Å²) in [6.45, 7) is -0.171. The summed E-state index contributed by atoms with van der Waals surface area (Å²) in [5.41, 5.74) is 4.72. The number of para-hydroxylation sites is 1. The van der Waals surface area contributed by atoms with Gasteiger partial charge in [0.25, 0.3) is 11.8 Å². The van der Waals surface area contributed by atoms with Crippen molar-refractivity contribution in [3.05, 3.63) is 82.3 Å². The smallest absolute Gasteiger partial charge is 0.262 e. The Hall–Kier alpha value is -3.11. The maximum Gasteiger partial charge on any atom is 0.262 e. The molecule has 0 saturated carbocycles. The van der Waals surface area contributed by atoms with Gasteiger partial charge in [-0.1, -0.05) is 47.1 Å². The van der Waals surface area contributed by atoms with Crippen LogP contribution in [0, 0.1) is 0 Å². The molecule has 35 heavy (non-hydrogen) atoms. The number of thiazole rings is 1. The Morgan fingerprint density at radius 3 is 2.60 bits per heavy atom. The molecular formula is C24H18Cl2N4O3S2. The van der Waals surface area contributed by atoms with Gasteiger partial charge in [0.2, 0.25) is 0 Å². The number of fused-ring (bicyclic) bond motifs is 1. The van der Waals surface area contributed by atoms with Gasteiger partial charge in [-0.3, -0.25) is 9.59 Å². The lowest BCUT2D eigenvalue weighted by Crippen LogP contribution is -2.20. The zero-order valence-electron chi connectivity index (χ0n) is 18.0. The van der Waals surface area contributed by atoms with Crippen LogP contribution in [0.1, 0.15) is 5.56 Å². The summed E-state index contributed by atoms with van der Waals surface area (Å²) >= 11 is 14.7. The number of nitrogens with one attached hydrogen (secondary N) is 2. The number of hydrazone groups is 1. The quantitative estimate of drug-likeness (QED) is 0.156. The summed E-state index contributed by atoms with van der Waals surface area (Å²) in [7, 11) is 0. The molecule has 4 aromatic rings. The molecule has 0 spiro atoms. The second kappa shape index (κ2) is 12.0. The van der Waals surface area contributed by atoms with Crippen molar-refractivity contribution in [2.24, 2.45) is 5.10 Å². The van der Waals surface area contributed by atoms with Crippen LogP contribution in [0.5, 0.6) is 5.75 Å². The molecule has 0 radical (unpaired) electrons. The summed E-state index contributed by atoms with van der Waals surface area (Å²) in [5.74, 6) is 0.176. The van der Waals surface area contributed by atoms with E-state index in [-0.39, 0.29) is 24.2 Å². The van der Waals surface area contributed by atoms with Crippen LogP contribution < -0.4 is 15.5 Å². The fourth-order valence-corrected chi connectivity index (χ4v) is 4.98. The minimum atomic E-state index is -0.333. The van der Waals surface area contributed by atoms with Crippen LogP contribution in [-0.2, 0) is 9.59 Å². The average Bonchev–Trinajstić information content (AvgIpc) is 3.28. The van der Waals surface area contributed by atoms with Gasteiger partial charge in [-0.25, -0.2) is 10.4 Å². The SMILES string of the molecule is O=C(CSc1nc2ccccc2s1)N/N=C\c1ccc(OCC(=O)Nc2ccc(Cl)c(Cl)c2)cc1. The van der Waals surface area contributed by atoms with Gasteiger partial charge >= 0.3 is 0 Å².